The molecule has 0 aromatic carbocycles. The van der Waals surface area contributed by atoms with Gasteiger partial charge in [0.1, 0.15) is 0 Å². The van der Waals surface area contributed by atoms with Gasteiger partial charge in [-0.3, -0.25) is 0 Å². The standard InChI is InChI=1S/C11H20N2O5/c1-13(7-11(18)4-2-3-5-11)10(17)12-8(6-14)9(15)16/h8,14,18H,2-7H2,1H3,(H,12,17)(H,15,16)/t8-/m0/s1. The quantitative estimate of drug-likeness (QED) is 0.526. The molecular weight excluding hydrogens is 240 g/mol. The third-order valence-electron chi connectivity index (χ3n) is 3.19. The lowest BCUT2D eigenvalue weighted by Gasteiger charge is -2.29. The molecule has 1 aliphatic rings. The first-order chi connectivity index (χ1) is 8.38. The Balaban J connectivity index is 2.48. The van der Waals surface area contributed by atoms with E-state index in [2.05, 4.69) is 5.32 Å². The van der Waals surface area contributed by atoms with Crippen molar-refractivity contribution in [3.8, 4) is 0 Å². The molecule has 7 nitrogen and oxygen atoms in total. The Kier molecular flexibility index (Phi) is 4.92. The number of hydrogen-bond acceptors (Lipinski definition) is 4. The molecule has 4 N–H and O–H groups in total. The molecule has 1 atom stereocenters. The summed E-state index contributed by atoms with van der Waals surface area (Å²) in [4.78, 5) is 23.6. The number of aliphatic hydroxyl groups is 2. The predicted octanol–water partition coefficient (Wildman–Crippen LogP) is -0.622. The molecular formula is C11H20N2O5. The SMILES string of the molecule is CN(CC1(O)CCCC1)C(=O)N[C@@H](CO)C(=O)O. The number of carboxylic acids is 1. The second kappa shape index (κ2) is 6.01. The van der Waals surface area contributed by atoms with Crippen LogP contribution in [0.2, 0.25) is 0 Å². The lowest BCUT2D eigenvalue weighted by molar-refractivity contribution is -0.140. The summed E-state index contributed by atoms with van der Waals surface area (Å²) in [5.74, 6) is -1.29. The van der Waals surface area contributed by atoms with Crippen molar-refractivity contribution < 1.29 is 24.9 Å². The molecule has 0 heterocycles. The van der Waals surface area contributed by atoms with Crippen LogP contribution in [0.5, 0.6) is 0 Å². The van der Waals surface area contributed by atoms with Gasteiger partial charge in [-0.15, -0.1) is 0 Å². The van der Waals surface area contributed by atoms with Gasteiger partial charge in [0, 0.05) is 7.05 Å². The second-order valence-corrected chi connectivity index (χ2v) is 4.81. The van der Waals surface area contributed by atoms with Crippen molar-refractivity contribution >= 4 is 12.0 Å². The van der Waals surface area contributed by atoms with Crippen LogP contribution in [0.25, 0.3) is 0 Å². The maximum Gasteiger partial charge on any atom is 0.328 e. The largest absolute Gasteiger partial charge is 0.480 e. The minimum Gasteiger partial charge on any atom is -0.480 e. The van der Waals surface area contributed by atoms with Crippen LogP contribution in [-0.2, 0) is 4.79 Å². The summed E-state index contributed by atoms with van der Waals surface area (Å²) in [6.07, 6.45) is 3.15. The lowest BCUT2D eigenvalue weighted by Crippen LogP contribution is -2.51. The summed E-state index contributed by atoms with van der Waals surface area (Å²) in [6, 6.07) is -1.94. The van der Waals surface area contributed by atoms with Crippen LogP contribution in [0.1, 0.15) is 25.7 Å². The van der Waals surface area contributed by atoms with Gasteiger partial charge in [0.2, 0.25) is 0 Å². The highest BCUT2D eigenvalue weighted by atomic mass is 16.4. The zero-order valence-electron chi connectivity index (χ0n) is 10.4. The van der Waals surface area contributed by atoms with Crippen LogP contribution in [0.3, 0.4) is 0 Å². The van der Waals surface area contributed by atoms with Gasteiger partial charge in [0.15, 0.2) is 6.04 Å². The zero-order valence-corrected chi connectivity index (χ0v) is 10.4. The highest BCUT2D eigenvalue weighted by molar-refractivity contribution is 5.82. The molecule has 0 unspecified atom stereocenters. The average molecular weight is 260 g/mol. The van der Waals surface area contributed by atoms with E-state index in [9.17, 15) is 14.7 Å². The molecule has 0 aromatic heterocycles. The van der Waals surface area contributed by atoms with Gasteiger partial charge >= 0.3 is 12.0 Å². The van der Waals surface area contributed by atoms with Gasteiger partial charge in [0.25, 0.3) is 0 Å². The second-order valence-electron chi connectivity index (χ2n) is 4.81. The summed E-state index contributed by atoms with van der Waals surface area (Å²) >= 11 is 0. The Bertz CT molecular complexity index is 315. The van der Waals surface area contributed by atoms with Crippen molar-refractivity contribution in [1.29, 1.82) is 0 Å². The fourth-order valence-corrected chi connectivity index (χ4v) is 2.15. The summed E-state index contributed by atoms with van der Waals surface area (Å²) < 4.78 is 0. The highest BCUT2D eigenvalue weighted by Gasteiger charge is 2.34. The maximum atomic E-state index is 11.7. The predicted molar refractivity (Wildman–Crippen MR) is 63.1 cm³/mol. The van der Waals surface area contributed by atoms with Crippen LogP contribution in [0, 0.1) is 0 Å². The van der Waals surface area contributed by atoms with Gasteiger partial charge < -0.3 is 25.5 Å². The third kappa shape index (κ3) is 3.85. The van der Waals surface area contributed by atoms with Crippen molar-refractivity contribution in [1.82, 2.24) is 10.2 Å². The van der Waals surface area contributed by atoms with Crippen molar-refractivity contribution in [3.05, 3.63) is 0 Å². The number of rotatable bonds is 5. The summed E-state index contributed by atoms with van der Waals surface area (Å²) in [6.45, 7) is -0.504. The maximum absolute atomic E-state index is 11.7. The number of urea groups is 1. The first-order valence-electron chi connectivity index (χ1n) is 5.95. The van der Waals surface area contributed by atoms with E-state index in [0.29, 0.717) is 12.8 Å². The van der Waals surface area contributed by atoms with Crippen LogP contribution in [0.4, 0.5) is 4.79 Å². The van der Waals surface area contributed by atoms with Gasteiger partial charge in [-0.05, 0) is 12.8 Å². The topological polar surface area (TPSA) is 110 Å². The summed E-state index contributed by atoms with van der Waals surface area (Å²) in [5.41, 5.74) is -0.871. The van der Waals surface area contributed by atoms with Gasteiger partial charge in [-0.25, -0.2) is 9.59 Å². The Morgan fingerprint density at radius 2 is 1.94 bits per heavy atom. The number of nitrogens with zero attached hydrogens (tertiary/aromatic N) is 1. The molecule has 0 spiro atoms. The van der Waals surface area contributed by atoms with Crippen LogP contribution >= 0.6 is 0 Å². The normalized spacial score (nSPS) is 19.3. The van der Waals surface area contributed by atoms with Crippen LogP contribution in [-0.4, -0.2) is 64.1 Å². The summed E-state index contributed by atoms with van der Waals surface area (Å²) in [5, 5.41) is 29.8. The molecule has 104 valence electrons. The van der Waals surface area contributed by atoms with E-state index in [1.807, 2.05) is 0 Å². The van der Waals surface area contributed by atoms with E-state index in [-0.39, 0.29) is 6.54 Å². The molecule has 1 saturated carbocycles. The van der Waals surface area contributed by atoms with E-state index in [4.69, 9.17) is 10.2 Å². The van der Waals surface area contributed by atoms with Crippen molar-refractivity contribution in [2.24, 2.45) is 0 Å². The van der Waals surface area contributed by atoms with E-state index in [0.717, 1.165) is 12.8 Å². The molecule has 7 heteroatoms. The lowest BCUT2D eigenvalue weighted by atomic mass is 10.0. The molecule has 1 aliphatic carbocycles. The van der Waals surface area contributed by atoms with Crippen LogP contribution in [0.15, 0.2) is 0 Å². The molecule has 0 saturated heterocycles. The van der Waals surface area contributed by atoms with Crippen LogP contribution < -0.4 is 5.32 Å². The molecule has 1 rings (SSSR count). The van der Waals surface area contributed by atoms with Gasteiger partial charge in [-0.2, -0.15) is 0 Å². The smallest absolute Gasteiger partial charge is 0.328 e. The molecule has 0 aromatic rings. The third-order valence-corrected chi connectivity index (χ3v) is 3.19. The van der Waals surface area contributed by atoms with Crippen molar-refractivity contribution in [2.45, 2.75) is 37.3 Å². The molecule has 0 bridgehead atoms. The monoisotopic (exact) mass is 260 g/mol. The number of carbonyl (C=O) groups is 2. The minimum atomic E-state index is -1.32. The number of hydrogen-bond donors (Lipinski definition) is 4. The van der Waals surface area contributed by atoms with E-state index in [1.165, 1.54) is 11.9 Å². The number of carboxylic acid groups (broad SMARTS) is 1. The van der Waals surface area contributed by atoms with Gasteiger partial charge in [0.05, 0.1) is 18.8 Å². The van der Waals surface area contributed by atoms with Gasteiger partial charge in [-0.1, -0.05) is 12.8 Å². The Hall–Kier alpha value is -1.34. The first kappa shape index (κ1) is 14.7. The molecule has 2 amide bonds. The molecule has 18 heavy (non-hydrogen) atoms. The Morgan fingerprint density at radius 3 is 2.39 bits per heavy atom. The fourth-order valence-electron chi connectivity index (χ4n) is 2.15. The number of nitrogens with one attached hydrogen (secondary N) is 1. The zero-order chi connectivity index (χ0) is 13.8. The van der Waals surface area contributed by atoms with Crippen molar-refractivity contribution in [3.63, 3.8) is 0 Å². The average Bonchev–Trinajstić information content (AvgIpc) is 2.71. The van der Waals surface area contributed by atoms with E-state index in [1.54, 1.807) is 0 Å². The van der Waals surface area contributed by atoms with E-state index < -0.39 is 30.3 Å². The van der Waals surface area contributed by atoms with Crippen molar-refractivity contribution in [2.75, 3.05) is 20.2 Å². The fraction of sp³-hybridized carbons (Fsp3) is 0.818. The number of carbonyl (C=O) groups excluding carboxylic acids is 1. The molecule has 0 aliphatic heterocycles. The number of aliphatic hydroxyl groups excluding tert-OH is 1. The number of amides is 2. The molecule has 0 radical (unpaired) electrons. The highest BCUT2D eigenvalue weighted by Crippen LogP contribution is 2.29. The number of aliphatic carboxylic acids is 1. The van der Waals surface area contributed by atoms with E-state index >= 15 is 0 Å². The molecule has 1 fully saturated rings. The summed E-state index contributed by atoms with van der Waals surface area (Å²) in [7, 11) is 1.49. The Labute approximate surface area is 105 Å². The number of likely N-dealkylation sites (N-methyl/N-ethyl adjacent to an activating group) is 1. The minimum absolute atomic E-state index is 0.163. The first-order valence-corrected chi connectivity index (χ1v) is 5.95. The Morgan fingerprint density at radius 1 is 1.39 bits per heavy atom.